The number of hydrogen-bond donors (Lipinski definition) is 2. The van der Waals surface area contributed by atoms with Crippen molar-refractivity contribution >= 4 is 17.9 Å². The standard InChI is InChI=1S/C19H21FN4O4/c1-11(17(25)22-19(27)21-2)28-18(26)16-14-5-3-4-6-15(14)24(23-16)13-9-7-12(20)8-10-13/h7-11H,3-6H2,1-2H3,(H2,21,22,25,27). The van der Waals surface area contributed by atoms with Crippen molar-refractivity contribution in [3.05, 3.63) is 47.0 Å². The maximum atomic E-state index is 13.2. The number of benzene rings is 1. The molecule has 1 aliphatic carbocycles. The van der Waals surface area contributed by atoms with E-state index in [0.717, 1.165) is 30.5 Å². The molecule has 28 heavy (non-hydrogen) atoms. The van der Waals surface area contributed by atoms with E-state index in [9.17, 15) is 18.8 Å². The second kappa shape index (κ2) is 8.20. The number of imide groups is 1. The van der Waals surface area contributed by atoms with E-state index in [-0.39, 0.29) is 11.5 Å². The number of ether oxygens (including phenoxy) is 1. The minimum Gasteiger partial charge on any atom is -0.448 e. The zero-order valence-electron chi connectivity index (χ0n) is 15.6. The molecule has 0 fully saturated rings. The van der Waals surface area contributed by atoms with Crippen LogP contribution in [0.2, 0.25) is 0 Å². The van der Waals surface area contributed by atoms with Gasteiger partial charge in [-0.1, -0.05) is 0 Å². The number of carbonyl (C=O) groups is 3. The van der Waals surface area contributed by atoms with Crippen molar-refractivity contribution in [2.45, 2.75) is 38.7 Å². The highest BCUT2D eigenvalue weighted by molar-refractivity contribution is 5.98. The van der Waals surface area contributed by atoms with Crippen LogP contribution in [0.3, 0.4) is 0 Å². The first-order valence-corrected chi connectivity index (χ1v) is 9.01. The third-order valence-electron chi connectivity index (χ3n) is 4.56. The summed E-state index contributed by atoms with van der Waals surface area (Å²) in [5.41, 5.74) is 2.44. The van der Waals surface area contributed by atoms with E-state index in [4.69, 9.17) is 4.74 Å². The van der Waals surface area contributed by atoms with Gasteiger partial charge in [0.05, 0.1) is 5.69 Å². The lowest BCUT2D eigenvalue weighted by atomic mass is 9.95. The first kappa shape index (κ1) is 19.5. The number of nitrogens with zero attached hydrogens (tertiary/aromatic N) is 2. The number of carbonyl (C=O) groups excluding carboxylic acids is 3. The predicted octanol–water partition coefficient (Wildman–Crippen LogP) is 1.89. The molecule has 1 aromatic carbocycles. The van der Waals surface area contributed by atoms with E-state index in [1.54, 1.807) is 16.8 Å². The Kier molecular flexibility index (Phi) is 5.72. The SMILES string of the molecule is CNC(=O)NC(=O)C(C)OC(=O)c1nn(-c2ccc(F)cc2)c2c1CCCC2. The number of nitrogens with one attached hydrogen (secondary N) is 2. The molecular weight excluding hydrogens is 367 g/mol. The molecule has 0 saturated carbocycles. The fourth-order valence-electron chi connectivity index (χ4n) is 3.10. The molecule has 2 N–H and O–H groups in total. The van der Waals surface area contributed by atoms with Gasteiger partial charge < -0.3 is 10.1 Å². The number of hydrogen-bond acceptors (Lipinski definition) is 5. The van der Waals surface area contributed by atoms with Gasteiger partial charge in [-0.15, -0.1) is 0 Å². The number of urea groups is 1. The highest BCUT2D eigenvalue weighted by Gasteiger charge is 2.29. The number of halogens is 1. The van der Waals surface area contributed by atoms with Crippen molar-refractivity contribution in [2.75, 3.05) is 7.05 Å². The van der Waals surface area contributed by atoms with Gasteiger partial charge in [0.25, 0.3) is 5.91 Å². The van der Waals surface area contributed by atoms with E-state index in [2.05, 4.69) is 15.7 Å². The molecule has 1 heterocycles. The van der Waals surface area contributed by atoms with Crippen LogP contribution in [0.5, 0.6) is 0 Å². The summed E-state index contributed by atoms with van der Waals surface area (Å²) >= 11 is 0. The van der Waals surface area contributed by atoms with Gasteiger partial charge in [0.2, 0.25) is 0 Å². The lowest BCUT2D eigenvalue weighted by Crippen LogP contribution is -2.43. The fourth-order valence-corrected chi connectivity index (χ4v) is 3.10. The molecular formula is C19H21FN4O4. The summed E-state index contributed by atoms with van der Waals surface area (Å²) in [6, 6.07) is 5.15. The quantitative estimate of drug-likeness (QED) is 0.779. The Morgan fingerprint density at radius 1 is 1.18 bits per heavy atom. The molecule has 148 valence electrons. The molecule has 0 aliphatic heterocycles. The molecule has 1 unspecified atom stereocenters. The van der Waals surface area contributed by atoms with Gasteiger partial charge >= 0.3 is 12.0 Å². The number of esters is 1. The molecule has 3 rings (SSSR count). The molecule has 8 nitrogen and oxygen atoms in total. The average Bonchev–Trinajstić information content (AvgIpc) is 3.08. The van der Waals surface area contributed by atoms with Crippen molar-refractivity contribution in [1.29, 1.82) is 0 Å². The zero-order chi connectivity index (χ0) is 20.3. The molecule has 1 atom stereocenters. The van der Waals surface area contributed by atoms with E-state index in [1.807, 2.05) is 0 Å². The summed E-state index contributed by atoms with van der Waals surface area (Å²) < 4.78 is 20.1. The summed E-state index contributed by atoms with van der Waals surface area (Å²) in [6.45, 7) is 1.37. The molecule has 1 aromatic heterocycles. The Labute approximate surface area is 161 Å². The van der Waals surface area contributed by atoms with Crippen molar-refractivity contribution in [3.63, 3.8) is 0 Å². The van der Waals surface area contributed by atoms with E-state index < -0.39 is 24.0 Å². The second-order valence-electron chi connectivity index (χ2n) is 6.49. The van der Waals surface area contributed by atoms with Crippen LogP contribution in [-0.2, 0) is 22.4 Å². The molecule has 0 saturated heterocycles. The fraction of sp³-hybridized carbons (Fsp3) is 0.368. The van der Waals surface area contributed by atoms with Crippen LogP contribution in [0.4, 0.5) is 9.18 Å². The first-order valence-electron chi connectivity index (χ1n) is 9.01. The van der Waals surface area contributed by atoms with E-state index in [1.165, 1.54) is 26.1 Å². The average molecular weight is 388 g/mol. The second-order valence-corrected chi connectivity index (χ2v) is 6.49. The zero-order valence-corrected chi connectivity index (χ0v) is 15.6. The third-order valence-corrected chi connectivity index (χ3v) is 4.56. The summed E-state index contributed by atoms with van der Waals surface area (Å²) in [7, 11) is 1.37. The van der Waals surface area contributed by atoms with Gasteiger partial charge in [0.15, 0.2) is 11.8 Å². The van der Waals surface area contributed by atoms with Crippen LogP contribution >= 0.6 is 0 Å². The maximum Gasteiger partial charge on any atom is 0.359 e. The summed E-state index contributed by atoms with van der Waals surface area (Å²) in [5, 5.41) is 8.70. The normalized spacial score (nSPS) is 14.0. The molecule has 2 aromatic rings. The predicted molar refractivity (Wildman–Crippen MR) is 97.6 cm³/mol. The van der Waals surface area contributed by atoms with E-state index in [0.29, 0.717) is 12.1 Å². The van der Waals surface area contributed by atoms with Crippen molar-refractivity contribution < 1.29 is 23.5 Å². The van der Waals surface area contributed by atoms with Crippen molar-refractivity contribution in [2.24, 2.45) is 0 Å². The van der Waals surface area contributed by atoms with Gasteiger partial charge in [-0.3, -0.25) is 10.1 Å². The summed E-state index contributed by atoms with van der Waals surface area (Å²) in [6.07, 6.45) is 2.11. The topological polar surface area (TPSA) is 102 Å². The number of rotatable bonds is 4. The van der Waals surface area contributed by atoms with E-state index >= 15 is 0 Å². The molecule has 9 heteroatoms. The number of aromatic nitrogens is 2. The molecule has 0 bridgehead atoms. The first-order chi connectivity index (χ1) is 13.4. The smallest absolute Gasteiger partial charge is 0.359 e. The van der Waals surface area contributed by atoms with Crippen LogP contribution in [0.25, 0.3) is 5.69 Å². The largest absolute Gasteiger partial charge is 0.448 e. The Morgan fingerprint density at radius 2 is 1.86 bits per heavy atom. The van der Waals surface area contributed by atoms with Crippen LogP contribution in [-0.4, -0.2) is 40.8 Å². The summed E-state index contributed by atoms with van der Waals surface area (Å²) in [4.78, 5) is 35.8. The highest BCUT2D eigenvalue weighted by Crippen LogP contribution is 2.27. The highest BCUT2D eigenvalue weighted by atomic mass is 19.1. The van der Waals surface area contributed by atoms with Crippen molar-refractivity contribution in [3.8, 4) is 5.69 Å². The van der Waals surface area contributed by atoms with Crippen LogP contribution in [0, 0.1) is 5.82 Å². The number of fused-ring (bicyclic) bond motifs is 1. The Morgan fingerprint density at radius 3 is 2.54 bits per heavy atom. The van der Waals surface area contributed by atoms with Gasteiger partial charge in [-0.05, 0) is 56.9 Å². The van der Waals surface area contributed by atoms with Gasteiger partial charge in [0.1, 0.15) is 5.82 Å². The Bertz CT molecular complexity index is 907. The Hall–Kier alpha value is -3.23. The number of amides is 3. The molecule has 1 aliphatic rings. The van der Waals surface area contributed by atoms with Crippen LogP contribution in [0.1, 0.15) is 41.5 Å². The summed E-state index contributed by atoms with van der Waals surface area (Å²) in [5.74, 6) is -1.83. The minimum absolute atomic E-state index is 0.138. The van der Waals surface area contributed by atoms with Gasteiger partial charge in [-0.2, -0.15) is 5.10 Å². The minimum atomic E-state index is -1.17. The van der Waals surface area contributed by atoms with Crippen molar-refractivity contribution in [1.82, 2.24) is 20.4 Å². The lowest BCUT2D eigenvalue weighted by Gasteiger charge is -2.15. The monoisotopic (exact) mass is 388 g/mol. The Balaban J connectivity index is 1.85. The maximum absolute atomic E-state index is 13.2. The molecule has 0 radical (unpaired) electrons. The van der Waals surface area contributed by atoms with Gasteiger partial charge in [0, 0.05) is 18.3 Å². The molecule has 0 spiro atoms. The van der Waals surface area contributed by atoms with Crippen LogP contribution < -0.4 is 10.6 Å². The third kappa shape index (κ3) is 4.03. The van der Waals surface area contributed by atoms with Gasteiger partial charge in [-0.25, -0.2) is 18.7 Å². The lowest BCUT2D eigenvalue weighted by molar-refractivity contribution is -0.127. The van der Waals surface area contributed by atoms with Crippen LogP contribution in [0.15, 0.2) is 24.3 Å². The molecule has 3 amide bonds.